The van der Waals surface area contributed by atoms with E-state index in [0.29, 0.717) is 5.56 Å². The molecule has 1 aromatic rings. The second-order valence-corrected chi connectivity index (χ2v) is 3.62. The van der Waals surface area contributed by atoms with E-state index >= 15 is 0 Å². The summed E-state index contributed by atoms with van der Waals surface area (Å²) in [6.07, 6.45) is 4.96. The van der Waals surface area contributed by atoms with Crippen LogP contribution < -0.4 is 5.32 Å². The van der Waals surface area contributed by atoms with Crippen LogP contribution in [0, 0.1) is 6.92 Å². The Hall–Kier alpha value is -1.61. The molecule has 0 atom stereocenters. The number of carboxylic acid groups (broad SMARTS) is 1. The molecule has 3 heteroatoms. The highest BCUT2D eigenvalue weighted by Gasteiger charge is 2.07. The Labute approximate surface area is 95.8 Å². The molecule has 0 fully saturated rings. The molecule has 0 aliphatic heterocycles. The van der Waals surface area contributed by atoms with Crippen LogP contribution in [0.3, 0.4) is 0 Å². The first-order valence-corrected chi connectivity index (χ1v) is 5.31. The zero-order valence-electron chi connectivity index (χ0n) is 9.66. The minimum Gasteiger partial charge on any atom is -0.478 e. The Bertz CT molecular complexity index is 397. The molecule has 0 bridgehead atoms. The smallest absolute Gasteiger partial charge is 0.335 e. The van der Waals surface area contributed by atoms with E-state index in [4.69, 9.17) is 5.11 Å². The Morgan fingerprint density at radius 1 is 1.50 bits per heavy atom. The van der Waals surface area contributed by atoms with Crippen LogP contribution >= 0.6 is 0 Å². The zero-order chi connectivity index (χ0) is 12.0. The molecule has 0 unspecified atom stereocenters. The Morgan fingerprint density at radius 2 is 2.25 bits per heavy atom. The highest BCUT2D eigenvalue weighted by molar-refractivity contribution is 5.90. The summed E-state index contributed by atoms with van der Waals surface area (Å²) in [6, 6.07) is 5.33. The van der Waals surface area contributed by atoms with E-state index in [-0.39, 0.29) is 0 Å². The molecular weight excluding hydrogens is 202 g/mol. The van der Waals surface area contributed by atoms with Gasteiger partial charge in [-0.2, -0.15) is 0 Å². The molecule has 1 rings (SSSR count). The first-order valence-electron chi connectivity index (χ1n) is 5.31. The maximum atomic E-state index is 10.9. The van der Waals surface area contributed by atoms with E-state index in [1.165, 1.54) is 0 Å². The van der Waals surface area contributed by atoms with Crippen LogP contribution in [0.1, 0.15) is 27.9 Å². The number of hydrogen-bond donors (Lipinski definition) is 2. The number of benzene rings is 1. The van der Waals surface area contributed by atoms with E-state index in [2.05, 4.69) is 5.32 Å². The maximum Gasteiger partial charge on any atom is 0.335 e. The molecule has 16 heavy (non-hydrogen) atoms. The molecule has 2 N–H and O–H groups in total. The van der Waals surface area contributed by atoms with Gasteiger partial charge in [-0.25, -0.2) is 4.79 Å². The highest BCUT2D eigenvalue weighted by Crippen LogP contribution is 2.15. The highest BCUT2D eigenvalue weighted by atomic mass is 16.4. The van der Waals surface area contributed by atoms with Crippen molar-refractivity contribution in [2.75, 3.05) is 13.6 Å². The van der Waals surface area contributed by atoms with Gasteiger partial charge < -0.3 is 10.4 Å². The van der Waals surface area contributed by atoms with E-state index < -0.39 is 5.97 Å². The van der Waals surface area contributed by atoms with Crippen molar-refractivity contribution in [2.24, 2.45) is 0 Å². The summed E-state index contributed by atoms with van der Waals surface area (Å²) in [5.74, 6) is -0.872. The van der Waals surface area contributed by atoms with Gasteiger partial charge in [-0.15, -0.1) is 0 Å². The van der Waals surface area contributed by atoms with Crippen molar-refractivity contribution in [3.8, 4) is 0 Å². The van der Waals surface area contributed by atoms with Crippen molar-refractivity contribution in [1.82, 2.24) is 5.32 Å². The van der Waals surface area contributed by atoms with Crippen molar-refractivity contribution in [3.05, 3.63) is 41.0 Å². The number of aromatic carboxylic acids is 1. The summed E-state index contributed by atoms with van der Waals surface area (Å²) in [5.41, 5.74) is 2.16. The van der Waals surface area contributed by atoms with Gasteiger partial charge in [-0.3, -0.25) is 0 Å². The van der Waals surface area contributed by atoms with E-state index in [1.54, 1.807) is 12.1 Å². The predicted molar refractivity (Wildman–Crippen MR) is 65.7 cm³/mol. The lowest BCUT2D eigenvalue weighted by Gasteiger charge is -2.04. The summed E-state index contributed by atoms with van der Waals surface area (Å²) in [7, 11) is 1.91. The molecule has 0 saturated carbocycles. The third kappa shape index (κ3) is 3.21. The molecule has 0 spiro atoms. The SMILES string of the molecule is CNCCC=Cc1cccc(C(=O)O)c1C. The molecule has 86 valence electrons. The fourth-order valence-corrected chi connectivity index (χ4v) is 1.50. The van der Waals surface area contributed by atoms with Gasteiger partial charge in [-0.1, -0.05) is 24.3 Å². The van der Waals surface area contributed by atoms with Gasteiger partial charge in [0.1, 0.15) is 0 Å². The Morgan fingerprint density at radius 3 is 2.88 bits per heavy atom. The van der Waals surface area contributed by atoms with Crippen LogP contribution in [0.5, 0.6) is 0 Å². The standard InChI is InChI=1S/C13H17NO2/c1-10-11(6-3-4-9-14-2)7-5-8-12(10)13(15)16/h3,5-8,14H,4,9H2,1-2H3,(H,15,16). The van der Waals surface area contributed by atoms with E-state index in [1.807, 2.05) is 32.2 Å². The fourth-order valence-electron chi connectivity index (χ4n) is 1.50. The summed E-state index contributed by atoms with van der Waals surface area (Å²) in [5, 5.41) is 12.0. The van der Waals surface area contributed by atoms with Crippen molar-refractivity contribution in [1.29, 1.82) is 0 Å². The van der Waals surface area contributed by atoms with Crippen LogP contribution in [0.25, 0.3) is 6.08 Å². The molecule has 0 aliphatic carbocycles. The molecule has 0 amide bonds. The molecule has 0 aliphatic rings. The predicted octanol–water partition coefficient (Wildman–Crippen LogP) is 2.32. The van der Waals surface area contributed by atoms with Crippen LogP contribution in [0.4, 0.5) is 0 Å². The maximum absolute atomic E-state index is 10.9. The quantitative estimate of drug-likeness (QED) is 0.747. The average Bonchev–Trinajstić information content (AvgIpc) is 2.26. The van der Waals surface area contributed by atoms with Gasteiger partial charge in [0.05, 0.1) is 5.56 Å². The number of carbonyl (C=O) groups is 1. The fraction of sp³-hybridized carbons (Fsp3) is 0.308. The van der Waals surface area contributed by atoms with Crippen LogP contribution in [0.15, 0.2) is 24.3 Å². The number of carboxylic acids is 1. The van der Waals surface area contributed by atoms with E-state index in [9.17, 15) is 4.79 Å². The summed E-state index contributed by atoms with van der Waals surface area (Å²) < 4.78 is 0. The van der Waals surface area contributed by atoms with Gasteiger partial charge in [-0.05, 0) is 44.1 Å². The van der Waals surface area contributed by atoms with Gasteiger partial charge in [0.15, 0.2) is 0 Å². The number of rotatable bonds is 5. The second-order valence-electron chi connectivity index (χ2n) is 3.62. The second kappa shape index (κ2) is 6.08. The third-order valence-corrected chi connectivity index (χ3v) is 2.46. The molecular formula is C13H17NO2. The molecule has 0 radical (unpaired) electrons. The average molecular weight is 219 g/mol. The van der Waals surface area contributed by atoms with Crippen molar-refractivity contribution in [3.63, 3.8) is 0 Å². The largest absolute Gasteiger partial charge is 0.478 e. The lowest BCUT2D eigenvalue weighted by molar-refractivity contribution is 0.0696. The van der Waals surface area contributed by atoms with Crippen LogP contribution in [-0.4, -0.2) is 24.7 Å². The lowest BCUT2D eigenvalue weighted by atomic mass is 10.0. The van der Waals surface area contributed by atoms with Crippen molar-refractivity contribution < 1.29 is 9.90 Å². The first-order chi connectivity index (χ1) is 7.66. The molecule has 0 aromatic heterocycles. The molecule has 0 heterocycles. The monoisotopic (exact) mass is 219 g/mol. The third-order valence-electron chi connectivity index (χ3n) is 2.46. The zero-order valence-corrected chi connectivity index (χ0v) is 9.66. The van der Waals surface area contributed by atoms with Crippen LogP contribution in [-0.2, 0) is 0 Å². The molecule has 3 nitrogen and oxygen atoms in total. The summed E-state index contributed by atoms with van der Waals surface area (Å²) in [4.78, 5) is 10.9. The molecule has 0 saturated heterocycles. The number of nitrogens with one attached hydrogen (secondary N) is 1. The topological polar surface area (TPSA) is 49.3 Å². The Kier molecular flexibility index (Phi) is 4.73. The number of hydrogen-bond acceptors (Lipinski definition) is 2. The normalized spacial score (nSPS) is 10.9. The Balaban J connectivity index is 2.85. The summed E-state index contributed by atoms with van der Waals surface area (Å²) in [6.45, 7) is 2.76. The van der Waals surface area contributed by atoms with Gasteiger partial charge >= 0.3 is 5.97 Å². The van der Waals surface area contributed by atoms with Gasteiger partial charge in [0, 0.05) is 0 Å². The van der Waals surface area contributed by atoms with E-state index in [0.717, 1.165) is 24.1 Å². The minimum atomic E-state index is -0.872. The molecule has 1 aromatic carbocycles. The van der Waals surface area contributed by atoms with Gasteiger partial charge in [0.25, 0.3) is 0 Å². The lowest BCUT2D eigenvalue weighted by Crippen LogP contribution is -2.05. The minimum absolute atomic E-state index is 0.371. The van der Waals surface area contributed by atoms with Crippen molar-refractivity contribution in [2.45, 2.75) is 13.3 Å². The van der Waals surface area contributed by atoms with Gasteiger partial charge in [0.2, 0.25) is 0 Å². The summed E-state index contributed by atoms with van der Waals surface area (Å²) >= 11 is 0. The van der Waals surface area contributed by atoms with Crippen LogP contribution in [0.2, 0.25) is 0 Å². The van der Waals surface area contributed by atoms with Crippen molar-refractivity contribution >= 4 is 12.0 Å². The first kappa shape index (κ1) is 12.5.